The number of thioether (sulfide) groups is 1. The van der Waals surface area contributed by atoms with E-state index < -0.39 is 0 Å². The average molecular weight is 235 g/mol. The molecule has 0 unspecified atom stereocenters. The molecule has 1 aliphatic carbocycles. The smallest absolute Gasteiger partial charge is 0.0106 e. The third-order valence-corrected chi connectivity index (χ3v) is 4.04. The van der Waals surface area contributed by atoms with Gasteiger partial charge in [0, 0.05) is 17.2 Å². The lowest BCUT2D eigenvalue weighted by molar-refractivity contribution is 0.707. The molecule has 0 saturated carbocycles. The van der Waals surface area contributed by atoms with E-state index in [4.69, 9.17) is 0 Å². The molecule has 1 N–H and O–H groups in total. The standard InChI is InChI=1S/C14H21NS/c1-2-8-15-9-10-16-14-7-6-12-4-3-5-13(12)11-14/h6-7,11,15H,2-5,8-10H2,1H3. The molecule has 16 heavy (non-hydrogen) atoms. The summed E-state index contributed by atoms with van der Waals surface area (Å²) in [4.78, 5) is 1.44. The van der Waals surface area contributed by atoms with E-state index in [0.717, 1.165) is 13.1 Å². The van der Waals surface area contributed by atoms with Gasteiger partial charge < -0.3 is 5.32 Å². The van der Waals surface area contributed by atoms with Crippen molar-refractivity contribution < 1.29 is 0 Å². The molecule has 0 bridgehead atoms. The van der Waals surface area contributed by atoms with Gasteiger partial charge in [0.05, 0.1) is 0 Å². The third-order valence-electron chi connectivity index (χ3n) is 3.04. The molecule has 0 spiro atoms. The molecule has 2 rings (SSSR count). The first-order valence-electron chi connectivity index (χ1n) is 6.35. The highest BCUT2D eigenvalue weighted by atomic mass is 32.2. The van der Waals surface area contributed by atoms with E-state index in [1.165, 1.54) is 36.3 Å². The van der Waals surface area contributed by atoms with Gasteiger partial charge in [0.1, 0.15) is 0 Å². The van der Waals surface area contributed by atoms with E-state index in [0.29, 0.717) is 0 Å². The Balaban J connectivity index is 1.77. The SMILES string of the molecule is CCCNCCSc1ccc2c(c1)CCC2. The Labute approximate surface area is 103 Å². The van der Waals surface area contributed by atoms with Crippen LogP contribution in [0, 0.1) is 0 Å². The van der Waals surface area contributed by atoms with E-state index >= 15 is 0 Å². The summed E-state index contributed by atoms with van der Waals surface area (Å²) < 4.78 is 0. The molecule has 88 valence electrons. The fourth-order valence-electron chi connectivity index (χ4n) is 2.18. The maximum atomic E-state index is 3.44. The topological polar surface area (TPSA) is 12.0 Å². The van der Waals surface area contributed by atoms with Gasteiger partial charge in [-0.05, 0) is 55.5 Å². The minimum Gasteiger partial charge on any atom is -0.316 e. The molecule has 0 amide bonds. The van der Waals surface area contributed by atoms with Crippen LogP contribution in [0.4, 0.5) is 0 Å². The molecule has 1 aliphatic rings. The normalized spacial score (nSPS) is 14.1. The highest BCUT2D eigenvalue weighted by Gasteiger charge is 2.10. The second-order valence-corrected chi connectivity index (χ2v) is 5.55. The second-order valence-electron chi connectivity index (χ2n) is 4.38. The maximum absolute atomic E-state index is 3.44. The summed E-state index contributed by atoms with van der Waals surface area (Å²) >= 11 is 1.97. The van der Waals surface area contributed by atoms with Gasteiger partial charge in [0.25, 0.3) is 0 Å². The van der Waals surface area contributed by atoms with Crippen LogP contribution in [0.25, 0.3) is 0 Å². The van der Waals surface area contributed by atoms with Crippen molar-refractivity contribution in [2.75, 3.05) is 18.8 Å². The molecule has 1 aromatic carbocycles. The average Bonchev–Trinajstić information content (AvgIpc) is 2.76. The molecule has 0 atom stereocenters. The first-order chi connectivity index (χ1) is 7.90. The van der Waals surface area contributed by atoms with E-state index in [2.05, 4.69) is 30.4 Å². The number of fused-ring (bicyclic) bond motifs is 1. The van der Waals surface area contributed by atoms with E-state index in [9.17, 15) is 0 Å². The Morgan fingerprint density at radius 2 is 2.06 bits per heavy atom. The lowest BCUT2D eigenvalue weighted by Crippen LogP contribution is -2.17. The zero-order chi connectivity index (χ0) is 11.2. The lowest BCUT2D eigenvalue weighted by Gasteiger charge is -2.05. The van der Waals surface area contributed by atoms with E-state index in [-0.39, 0.29) is 0 Å². The van der Waals surface area contributed by atoms with Gasteiger partial charge in [-0.3, -0.25) is 0 Å². The van der Waals surface area contributed by atoms with Crippen LogP contribution in [0.15, 0.2) is 23.1 Å². The Kier molecular flexibility index (Phi) is 4.73. The molecule has 0 radical (unpaired) electrons. The van der Waals surface area contributed by atoms with Gasteiger partial charge in [-0.1, -0.05) is 13.0 Å². The predicted molar refractivity (Wildman–Crippen MR) is 72.4 cm³/mol. The zero-order valence-electron chi connectivity index (χ0n) is 10.1. The lowest BCUT2D eigenvalue weighted by atomic mass is 10.1. The van der Waals surface area contributed by atoms with Crippen LogP contribution >= 0.6 is 11.8 Å². The molecule has 1 aromatic rings. The minimum atomic E-state index is 1.12. The van der Waals surface area contributed by atoms with Crippen molar-refractivity contribution in [1.82, 2.24) is 5.32 Å². The van der Waals surface area contributed by atoms with E-state index in [1.54, 1.807) is 11.1 Å². The Morgan fingerprint density at radius 3 is 2.94 bits per heavy atom. The second kappa shape index (κ2) is 6.31. The van der Waals surface area contributed by atoms with Crippen molar-refractivity contribution in [2.45, 2.75) is 37.5 Å². The minimum absolute atomic E-state index is 1.12. The maximum Gasteiger partial charge on any atom is 0.0106 e. The molecule has 0 saturated heterocycles. The van der Waals surface area contributed by atoms with Crippen LogP contribution in [-0.2, 0) is 12.8 Å². The number of rotatable bonds is 6. The largest absolute Gasteiger partial charge is 0.316 e. The predicted octanol–water partition coefficient (Wildman–Crippen LogP) is 3.27. The summed E-state index contributed by atoms with van der Waals surface area (Å²) in [6.07, 6.45) is 5.15. The van der Waals surface area contributed by atoms with Crippen molar-refractivity contribution in [3.05, 3.63) is 29.3 Å². The van der Waals surface area contributed by atoms with Crippen molar-refractivity contribution in [1.29, 1.82) is 0 Å². The van der Waals surface area contributed by atoms with Gasteiger partial charge in [-0.15, -0.1) is 11.8 Å². The fourth-order valence-corrected chi connectivity index (χ4v) is 3.05. The molecule has 0 aliphatic heterocycles. The molecule has 0 aromatic heterocycles. The van der Waals surface area contributed by atoms with Gasteiger partial charge in [-0.25, -0.2) is 0 Å². The first kappa shape index (κ1) is 12.0. The van der Waals surface area contributed by atoms with Crippen LogP contribution in [0.2, 0.25) is 0 Å². The monoisotopic (exact) mass is 235 g/mol. The summed E-state index contributed by atoms with van der Waals surface area (Å²) in [5.41, 5.74) is 3.17. The van der Waals surface area contributed by atoms with Gasteiger partial charge in [-0.2, -0.15) is 0 Å². The Bertz CT molecular complexity index is 336. The van der Waals surface area contributed by atoms with Crippen LogP contribution < -0.4 is 5.32 Å². The van der Waals surface area contributed by atoms with Gasteiger partial charge in [0.2, 0.25) is 0 Å². The summed E-state index contributed by atoms with van der Waals surface area (Å²) in [6, 6.07) is 7.01. The molecule has 2 heteroatoms. The number of hydrogen-bond acceptors (Lipinski definition) is 2. The molecule has 1 nitrogen and oxygen atoms in total. The van der Waals surface area contributed by atoms with Crippen molar-refractivity contribution in [3.63, 3.8) is 0 Å². The summed E-state index contributed by atoms with van der Waals surface area (Å²) in [7, 11) is 0. The fraction of sp³-hybridized carbons (Fsp3) is 0.571. The van der Waals surface area contributed by atoms with Crippen molar-refractivity contribution >= 4 is 11.8 Å². The quantitative estimate of drug-likeness (QED) is 0.600. The number of nitrogens with one attached hydrogen (secondary N) is 1. The van der Waals surface area contributed by atoms with Crippen LogP contribution in [0.1, 0.15) is 30.9 Å². The van der Waals surface area contributed by atoms with Gasteiger partial charge >= 0.3 is 0 Å². The van der Waals surface area contributed by atoms with Crippen molar-refractivity contribution in [3.8, 4) is 0 Å². The molecule has 0 fully saturated rings. The van der Waals surface area contributed by atoms with Crippen LogP contribution in [0.3, 0.4) is 0 Å². The number of benzene rings is 1. The van der Waals surface area contributed by atoms with E-state index in [1.807, 2.05) is 11.8 Å². The summed E-state index contributed by atoms with van der Waals surface area (Å²) in [5.74, 6) is 1.18. The summed E-state index contributed by atoms with van der Waals surface area (Å²) in [6.45, 7) is 4.47. The molecular formula is C14H21NS. The Hall–Kier alpha value is -0.470. The highest BCUT2D eigenvalue weighted by Crippen LogP contribution is 2.27. The molecular weight excluding hydrogens is 214 g/mol. The van der Waals surface area contributed by atoms with Crippen LogP contribution in [0.5, 0.6) is 0 Å². The Morgan fingerprint density at radius 1 is 1.19 bits per heavy atom. The highest BCUT2D eigenvalue weighted by molar-refractivity contribution is 7.99. The number of aryl methyl sites for hydroxylation is 2. The third kappa shape index (κ3) is 3.26. The van der Waals surface area contributed by atoms with Crippen LogP contribution in [-0.4, -0.2) is 18.8 Å². The van der Waals surface area contributed by atoms with Gasteiger partial charge in [0.15, 0.2) is 0 Å². The van der Waals surface area contributed by atoms with Crippen molar-refractivity contribution in [2.24, 2.45) is 0 Å². The first-order valence-corrected chi connectivity index (χ1v) is 7.34. The summed E-state index contributed by atoms with van der Waals surface area (Å²) in [5, 5.41) is 3.44. The zero-order valence-corrected chi connectivity index (χ0v) is 10.9. The number of hydrogen-bond donors (Lipinski definition) is 1. The molecule has 0 heterocycles.